The van der Waals surface area contributed by atoms with E-state index < -0.39 is 0 Å². The van der Waals surface area contributed by atoms with Crippen molar-refractivity contribution in [3.8, 4) is 11.4 Å². The summed E-state index contributed by atoms with van der Waals surface area (Å²) in [6, 6.07) is 8.13. The molecule has 1 aliphatic rings. The molecule has 3 heteroatoms. The van der Waals surface area contributed by atoms with Crippen LogP contribution in [0, 0.1) is 13.8 Å². The lowest BCUT2D eigenvalue weighted by molar-refractivity contribution is 0.991. The summed E-state index contributed by atoms with van der Waals surface area (Å²) in [5.41, 5.74) is 4.59. The zero-order valence-corrected chi connectivity index (χ0v) is 11.3. The van der Waals surface area contributed by atoms with E-state index in [1.54, 1.807) is 0 Å². The van der Waals surface area contributed by atoms with Crippen molar-refractivity contribution in [3.05, 3.63) is 46.2 Å². The number of aryl methyl sites for hydroxylation is 2. The molecular formula is C15H15ClN2. The number of rotatable bonds is 2. The normalized spacial score (nSPS) is 14.8. The Bertz CT molecular complexity index is 583. The molecule has 0 radical (unpaired) electrons. The molecule has 1 saturated carbocycles. The highest BCUT2D eigenvalue weighted by Gasteiger charge is 2.26. The maximum Gasteiger partial charge on any atom is 0.161 e. The molecule has 3 rings (SSSR count). The fraction of sp³-hybridized carbons (Fsp3) is 0.333. The Balaban J connectivity index is 2.16. The highest BCUT2D eigenvalue weighted by atomic mass is 35.5. The van der Waals surface area contributed by atoms with E-state index >= 15 is 0 Å². The molecule has 1 aliphatic carbocycles. The molecule has 0 N–H and O–H groups in total. The number of benzene rings is 1. The van der Waals surface area contributed by atoms with Gasteiger partial charge in [-0.1, -0.05) is 29.8 Å². The van der Waals surface area contributed by atoms with Crippen LogP contribution in [0.15, 0.2) is 24.3 Å². The molecule has 1 heterocycles. The number of aromatic nitrogens is 2. The molecule has 0 unspecified atom stereocenters. The molecule has 0 spiro atoms. The molecule has 0 atom stereocenters. The molecule has 2 nitrogen and oxygen atoms in total. The highest BCUT2D eigenvalue weighted by molar-refractivity contribution is 6.29. The second-order valence-corrected chi connectivity index (χ2v) is 5.37. The van der Waals surface area contributed by atoms with Crippen LogP contribution in [-0.4, -0.2) is 9.97 Å². The third kappa shape index (κ3) is 2.13. The average Bonchev–Trinajstić information content (AvgIpc) is 3.11. The molecule has 0 bridgehead atoms. The van der Waals surface area contributed by atoms with E-state index in [4.69, 9.17) is 16.6 Å². The number of halogens is 1. The fourth-order valence-corrected chi connectivity index (χ4v) is 2.49. The summed E-state index contributed by atoms with van der Waals surface area (Å²) >= 11 is 6.13. The summed E-state index contributed by atoms with van der Waals surface area (Å²) in [4.78, 5) is 9.08. The molecule has 92 valence electrons. The van der Waals surface area contributed by atoms with Crippen LogP contribution in [0.2, 0.25) is 5.15 Å². The van der Waals surface area contributed by atoms with Crippen LogP contribution in [0.1, 0.15) is 35.6 Å². The summed E-state index contributed by atoms with van der Waals surface area (Å²) in [6.45, 7) is 4.17. The van der Waals surface area contributed by atoms with Gasteiger partial charge in [0, 0.05) is 17.2 Å². The second-order valence-electron chi connectivity index (χ2n) is 4.98. The van der Waals surface area contributed by atoms with Gasteiger partial charge in [0.15, 0.2) is 5.82 Å². The molecule has 2 aromatic rings. The van der Waals surface area contributed by atoms with E-state index in [0.717, 1.165) is 17.1 Å². The van der Waals surface area contributed by atoms with E-state index in [9.17, 15) is 0 Å². The van der Waals surface area contributed by atoms with E-state index in [2.05, 4.69) is 37.0 Å². The lowest BCUT2D eigenvalue weighted by Gasteiger charge is -2.10. The van der Waals surface area contributed by atoms with Gasteiger partial charge in [-0.05, 0) is 43.9 Å². The quantitative estimate of drug-likeness (QED) is 0.751. The smallest absolute Gasteiger partial charge is 0.161 e. The minimum Gasteiger partial charge on any atom is -0.233 e. The van der Waals surface area contributed by atoms with Gasteiger partial charge < -0.3 is 0 Å². The first kappa shape index (κ1) is 11.7. The van der Waals surface area contributed by atoms with Crippen molar-refractivity contribution in [2.75, 3.05) is 0 Å². The van der Waals surface area contributed by atoms with Gasteiger partial charge >= 0.3 is 0 Å². The van der Waals surface area contributed by atoms with E-state index in [0.29, 0.717) is 11.1 Å². The predicted molar refractivity (Wildman–Crippen MR) is 73.9 cm³/mol. The lowest BCUT2D eigenvalue weighted by Crippen LogP contribution is -1.98. The second kappa shape index (κ2) is 4.36. The fourth-order valence-electron chi connectivity index (χ4n) is 2.30. The summed E-state index contributed by atoms with van der Waals surface area (Å²) < 4.78 is 0. The number of hydrogen-bond donors (Lipinski definition) is 0. The monoisotopic (exact) mass is 258 g/mol. The maximum atomic E-state index is 6.13. The van der Waals surface area contributed by atoms with Gasteiger partial charge in [0.2, 0.25) is 0 Å². The molecule has 1 aromatic carbocycles. The first-order valence-corrected chi connectivity index (χ1v) is 6.64. The lowest BCUT2D eigenvalue weighted by atomic mass is 10.0. The average molecular weight is 259 g/mol. The Morgan fingerprint density at radius 2 is 1.78 bits per heavy atom. The van der Waals surface area contributed by atoms with Crippen molar-refractivity contribution in [2.24, 2.45) is 0 Å². The zero-order valence-electron chi connectivity index (χ0n) is 10.6. The molecule has 18 heavy (non-hydrogen) atoms. The largest absolute Gasteiger partial charge is 0.233 e. The van der Waals surface area contributed by atoms with Crippen LogP contribution >= 0.6 is 11.6 Å². The van der Waals surface area contributed by atoms with Crippen LogP contribution in [0.3, 0.4) is 0 Å². The Morgan fingerprint density at radius 1 is 1.11 bits per heavy atom. The third-order valence-electron chi connectivity index (χ3n) is 3.42. The van der Waals surface area contributed by atoms with Crippen molar-refractivity contribution in [1.82, 2.24) is 9.97 Å². The van der Waals surface area contributed by atoms with Crippen LogP contribution in [-0.2, 0) is 0 Å². The molecule has 0 amide bonds. The maximum absolute atomic E-state index is 6.13. The van der Waals surface area contributed by atoms with Gasteiger partial charge in [-0.3, -0.25) is 0 Å². The summed E-state index contributed by atoms with van der Waals surface area (Å²) in [6.07, 6.45) is 2.44. The predicted octanol–water partition coefficient (Wildman–Crippen LogP) is 4.29. The van der Waals surface area contributed by atoms with Crippen LogP contribution in [0.4, 0.5) is 0 Å². The molecule has 0 aliphatic heterocycles. The van der Waals surface area contributed by atoms with Gasteiger partial charge in [0.1, 0.15) is 5.15 Å². The standard InChI is InChI=1S/C15H15ClN2/c1-9-4-3-5-10(2)14(9)15-17-12(11-6-7-11)8-13(16)18-15/h3-5,8,11H,6-7H2,1-2H3. The summed E-state index contributed by atoms with van der Waals surface area (Å²) in [5.74, 6) is 1.36. The van der Waals surface area contributed by atoms with Gasteiger partial charge in [-0.15, -0.1) is 0 Å². The minimum absolute atomic E-state index is 0.546. The third-order valence-corrected chi connectivity index (χ3v) is 3.61. The van der Waals surface area contributed by atoms with Gasteiger partial charge in [-0.25, -0.2) is 9.97 Å². The van der Waals surface area contributed by atoms with E-state index in [-0.39, 0.29) is 0 Å². The van der Waals surface area contributed by atoms with Crippen molar-refractivity contribution in [3.63, 3.8) is 0 Å². The van der Waals surface area contributed by atoms with Gasteiger partial charge in [-0.2, -0.15) is 0 Å². The SMILES string of the molecule is Cc1cccc(C)c1-c1nc(Cl)cc(C2CC2)n1. The number of nitrogens with zero attached hydrogens (tertiary/aromatic N) is 2. The van der Waals surface area contributed by atoms with Gasteiger partial charge in [0.25, 0.3) is 0 Å². The Hall–Kier alpha value is -1.41. The summed E-state index contributed by atoms with van der Waals surface area (Å²) in [5, 5.41) is 0.546. The van der Waals surface area contributed by atoms with Crippen LogP contribution in [0.5, 0.6) is 0 Å². The van der Waals surface area contributed by atoms with Crippen molar-refractivity contribution < 1.29 is 0 Å². The Labute approximate surface area is 112 Å². The summed E-state index contributed by atoms with van der Waals surface area (Å²) in [7, 11) is 0. The van der Waals surface area contributed by atoms with Crippen molar-refractivity contribution in [2.45, 2.75) is 32.6 Å². The van der Waals surface area contributed by atoms with Crippen LogP contribution in [0.25, 0.3) is 11.4 Å². The Kier molecular flexibility index (Phi) is 2.83. The van der Waals surface area contributed by atoms with Crippen molar-refractivity contribution >= 4 is 11.6 Å². The first-order valence-electron chi connectivity index (χ1n) is 6.26. The van der Waals surface area contributed by atoms with Crippen LogP contribution < -0.4 is 0 Å². The molecule has 1 aromatic heterocycles. The molecular weight excluding hydrogens is 244 g/mol. The molecule has 1 fully saturated rings. The number of hydrogen-bond acceptors (Lipinski definition) is 2. The van der Waals surface area contributed by atoms with E-state index in [1.807, 2.05) is 6.07 Å². The topological polar surface area (TPSA) is 25.8 Å². The molecule has 0 saturated heterocycles. The Morgan fingerprint density at radius 3 is 2.39 bits per heavy atom. The highest BCUT2D eigenvalue weighted by Crippen LogP contribution is 2.40. The van der Waals surface area contributed by atoms with Crippen molar-refractivity contribution in [1.29, 1.82) is 0 Å². The first-order chi connectivity index (χ1) is 8.65. The zero-order chi connectivity index (χ0) is 12.7. The van der Waals surface area contributed by atoms with Gasteiger partial charge in [0.05, 0.1) is 0 Å². The minimum atomic E-state index is 0.546. The van der Waals surface area contributed by atoms with E-state index in [1.165, 1.54) is 24.0 Å².